The van der Waals surface area contributed by atoms with Crippen molar-refractivity contribution in [2.45, 2.75) is 6.61 Å². The molecule has 0 saturated heterocycles. The summed E-state index contributed by atoms with van der Waals surface area (Å²) in [7, 11) is 1.79. The van der Waals surface area contributed by atoms with Crippen LogP contribution < -0.4 is 0 Å². The van der Waals surface area contributed by atoms with E-state index in [2.05, 4.69) is 25.3 Å². The number of aliphatic hydroxyl groups is 1. The zero-order chi connectivity index (χ0) is 22.5. The Labute approximate surface area is 186 Å². The predicted molar refractivity (Wildman–Crippen MR) is 120 cm³/mol. The van der Waals surface area contributed by atoms with Crippen LogP contribution in [0.4, 0.5) is 4.39 Å². The molecule has 0 fully saturated rings. The summed E-state index contributed by atoms with van der Waals surface area (Å²) in [5.74, 6) is 0.188. The number of aromatic nitrogens is 8. The number of benzene rings is 1. The third kappa shape index (κ3) is 3.15. The highest BCUT2D eigenvalue weighted by Crippen LogP contribution is 2.31. The summed E-state index contributed by atoms with van der Waals surface area (Å²) >= 11 is 0. The summed E-state index contributed by atoms with van der Waals surface area (Å²) in [5, 5.41) is 21.3. The molecule has 0 aliphatic rings. The number of rotatable bonds is 4. The van der Waals surface area contributed by atoms with E-state index >= 15 is 0 Å². The average molecular weight is 440 g/mol. The van der Waals surface area contributed by atoms with Crippen LogP contribution in [0.2, 0.25) is 0 Å². The quantitative estimate of drug-likeness (QED) is 0.385. The second kappa shape index (κ2) is 7.31. The number of aryl methyl sites for hydroxylation is 1. The van der Waals surface area contributed by atoms with Gasteiger partial charge in [-0.05, 0) is 29.8 Å². The number of fused-ring (bicyclic) bond motifs is 2. The molecule has 0 aliphatic heterocycles. The van der Waals surface area contributed by atoms with Gasteiger partial charge in [0.2, 0.25) is 0 Å². The number of hydrogen-bond donors (Lipinski definition) is 3. The average Bonchev–Trinajstić information content (AvgIpc) is 3.53. The molecule has 5 heterocycles. The van der Waals surface area contributed by atoms with Gasteiger partial charge in [-0.3, -0.25) is 14.8 Å². The topological polar surface area (TPSA) is 121 Å². The van der Waals surface area contributed by atoms with Gasteiger partial charge in [0.15, 0.2) is 11.5 Å². The minimum atomic E-state index is -0.326. The highest BCUT2D eigenvalue weighted by atomic mass is 19.1. The summed E-state index contributed by atoms with van der Waals surface area (Å²) in [6.07, 6.45) is 5.16. The molecule has 33 heavy (non-hydrogen) atoms. The largest absolute Gasteiger partial charge is 0.390 e. The summed E-state index contributed by atoms with van der Waals surface area (Å²) in [5.41, 5.74) is 6.63. The Kier molecular flexibility index (Phi) is 4.27. The first-order chi connectivity index (χ1) is 16.1. The van der Waals surface area contributed by atoms with Crippen LogP contribution in [0.15, 0.2) is 55.0 Å². The number of aromatic amines is 2. The zero-order valence-corrected chi connectivity index (χ0v) is 17.4. The maximum absolute atomic E-state index is 13.8. The number of halogens is 1. The highest BCUT2D eigenvalue weighted by molar-refractivity contribution is 5.95. The molecule has 0 saturated carbocycles. The van der Waals surface area contributed by atoms with Crippen LogP contribution in [-0.2, 0) is 13.7 Å². The van der Waals surface area contributed by atoms with Gasteiger partial charge >= 0.3 is 0 Å². The second-order valence-electron chi connectivity index (χ2n) is 7.67. The zero-order valence-electron chi connectivity index (χ0n) is 17.4. The van der Waals surface area contributed by atoms with Crippen molar-refractivity contribution in [1.29, 1.82) is 0 Å². The number of aliphatic hydroxyl groups excluding tert-OH is 1. The van der Waals surface area contributed by atoms with Crippen LogP contribution in [0.25, 0.3) is 56.0 Å². The van der Waals surface area contributed by atoms with Crippen LogP contribution >= 0.6 is 0 Å². The van der Waals surface area contributed by atoms with Gasteiger partial charge < -0.3 is 10.1 Å². The van der Waals surface area contributed by atoms with Crippen LogP contribution in [0, 0.1) is 5.82 Å². The molecular weight excluding hydrogens is 423 g/mol. The van der Waals surface area contributed by atoms with Gasteiger partial charge in [0.05, 0.1) is 40.7 Å². The first kappa shape index (κ1) is 19.3. The number of H-pyrrole nitrogens is 2. The third-order valence-electron chi connectivity index (χ3n) is 5.49. The normalized spacial score (nSPS) is 11.6. The lowest BCUT2D eigenvalue weighted by Crippen LogP contribution is -1.92. The van der Waals surface area contributed by atoms with E-state index in [0.29, 0.717) is 50.6 Å². The molecule has 6 aromatic rings. The van der Waals surface area contributed by atoms with E-state index in [-0.39, 0.29) is 12.4 Å². The lowest BCUT2D eigenvalue weighted by atomic mass is 10.1. The van der Waals surface area contributed by atoms with E-state index in [1.807, 2.05) is 24.4 Å². The van der Waals surface area contributed by atoms with Crippen molar-refractivity contribution in [3.05, 3.63) is 66.5 Å². The van der Waals surface area contributed by atoms with Gasteiger partial charge in [-0.25, -0.2) is 14.4 Å². The van der Waals surface area contributed by atoms with Crippen LogP contribution in [0.3, 0.4) is 0 Å². The standard InChI is InChI=1S/C23H17FN8O/c1-32-10-15(19(11-33)31-32)16-5-6-17-21(26-16)22(30-29-17)23-27-18-9-25-8-14(20(18)28-23)12-3-2-4-13(24)7-12/h2-10,33H,11H2,1H3,(H,27,28)(H,29,30). The summed E-state index contributed by atoms with van der Waals surface area (Å²) in [4.78, 5) is 17.1. The number of nitrogens with zero attached hydrogens (tertiary/aromatic N) is 6. The smallest absolute Gasteiger partial charge is 0.161 e. The fourth-order valence-corrected chi connectivity index (χ4v) is 3.99. The van der Waals surface area contributed by atoms with Crippen LogP contribution in [-0.4, -0.2) is 45.0 Å². The molecule has 0 bridgehead atoms. The molecule has 3 N–H and O–H groups in total. The fraction of sp³-hybridized carbons (Fsp3) is 0.0870. The molecule has 0 atom stereocenters. The minimum absolute atomic E-state index is 0.187. The molecular formula is C23H17FN8O. The monoisotopic (exact) mass is 440 g/mol. The van der Waals surface area contributed by atoms with Gasteiger partial charge in [0, 0.05) is 30.6 Å². The Balaban J connectivity index is 1.51. The van der Waals surface area contributed by atoms with Crippen LogP contribution in [0.5, 0.6) is 0 Å². The summed E-state index contributed by atoms with van der Waals surface area (Å²) in [6.45, 7) is -0.187. The van der Waals surface area contributed by atoms with E-state index in [1.54, 1.807) is 30.2 Å². The molecule has 0 spiro atoms. The lowest BCUT2D eigenvalue weighted by Gasteiger charge is -2.01. The van der Waals surface area contributed by atoms with Crippen molar-refractivity contribution in [1.82, 2.24) is 39.9 Å². The van der Waals surface area contributed by atoms with Gasteiger partial charge in [0.1, 0.15) is 11.3 Å². The minimum Gasteiger partial charge on any atom is -0.390 e. The van der Waals surface area contributed by atoms with E-state index < -0.39 is 0 Å². The van der Waals surface area contributed by atoms with Crippen molar-refractivity contribution in [3.63, 3.8) is 0 Å². The van der Waals surface area contributed by atoms with E-state index in [0.717, 1.165) is 11.1 Å². The van der Waals surface area contributed by atoms with E-state index in [4.69, 9.17) is 9.97 Å². The fourth-order valence-electron chi connectivity index (χ4n) is 3.99. The molecule has 0 radical (unpaired) electrons. The molecule has 5 aromatic heterocycles. The number of imidazole rings is 1. The van der Waals surface area contributed by atoms with Gasteiger partial charge in [-0.1, -0.05) is 12.1 Å². The van der Waals surface area contributed by atoms with Crippen molar-refractivity contribution in [2.24, 2.45) is 7.05 Å². The summed E-state index contributed by atoms with van der Waals surface area (Å²) in [6, 6.07) is 10.1. The molecule has 6 rings (SSSR count). The maximum Gasteiger partial charge on any atom is 0.161 e. The molecule has 10 heteroatoms. The molecule has 162 valence electrons. The second-order valence-corrected chi connectivity index (χ2v) is 7.67. The van der Waals surface area contributed by atoms with Crippen LogP contribution in [0.1, 0.15) is 5.69 Å². The Morgan fingerprint density at radius 2 is 1.94 bits per heavy atom. The number of hydrogen-bond acceptors (Lipinski definition) is 6. The van der Waals surface area contributed by atoms with Crippen molar-refractivity contribution in [3.8, 4) is 33.9 Å². The number of pyridine rings is 2. The molecule has 0 amide bonds. The molecule has 1 aromatic carbocycles. The van der Waals surface area contributed by atoms with Gasteiger partial charge in [-0.2, -0.15) is 10.2 Å². The SMILES string of the molecule is Cn1cc(-c2ccc3[nH]nc(-c4nc5c(-c6cccc(F)c6)cncc5[nH]4)c3n2)c(CO)n1. The van der Waals surface area contributed by atoms with E-state index in [1.165, 1.54) is 12.1 Å². The van der Waals surface area contributed by atoms with Crippen molar-refractivity contribution in [2.75, 3.05) is 0 Å². The Hall–Kier alpha value is -4.44. The predicted octanol–water partition coefficient (Wildman–Crippen LogP) is 3.60. The highest BCUT2D eigenvalue weighted by Gasteiger charge is 2.18. The Morgan fingerprint density at radius 1 is 1.03 bits per heavy atom. The van der Waals surface area contributed by atoms with E-state index in [9.17, 15) is 9.50 Å². The first-order valence-corrected chi connectivity index (χ1v) is 10.2. The summed E-state index contributed by atoms with van der Waals surface area (Å²) < 4.78 is 15.4. The Bertz CT molecular complexity index is 1650. The molecule has 0 unspecified atom stereocenters. The maximum atomic E-state index is 13.8. The van der Waals surface area contributed by atoms with Crippen molar-refractivity contribution >= 4 is 22.1 Å². The third-order valence-corrected chi connectivity index (χ3v) is 5.49. The lowest BCUT2D eigenvalue weighted by molar-refractivity contribution is 0.276. The molecule has 9 nitrogen and oxygen atoms in total. The first-order valence-electron chi connectivity index (χ1n) is 10.2. The Morgan fingerprint density at radius 3 is 2.79 bits per heavy atom. The van der Waals surface area contributed by atoms with Gasteiger partial charge in [0.25, 0.3) is 0 Å². The molecule has 0 aliphatic carbocycles. The number of nitrogens with one attached hydrogen (secondary N) is 2. The van der Waals surface area contributed by atoms with Crippen molar-refractivity contribution < 1.29 is 9.50 Å². The van der Waals surface area contributed by atoms with Gasteiger partial charge in [-0.15, -0.1) is 0 Å².